The van der Waals surface area contributed by atoms with Crippen molar-refractivity contribution in [3.8, 4) is 56.2 Å². The molecular formula is C56H39N3. The monoisotopic (exact) mass is 753 g/mol. The molecule has 59 heavy (non-hydrogen) atoms. The van der Waals surface area contributed by atoms with Gasteiger partial charge in [0.05, 0.1) is 11.4 Å². The molecular weight excluding hydrogens is 715 g/mol. The minimum Gasteiger partial charge on any atom is -0.265 e. The summed E-state index contributed by atoms with van der Waals surface area (Å²) in [6.45, 7) is 5.74. The molecule has 10 aromatic rings. The second-order valence-corrected chi connectivity index (χ2v) is 14.8. The normalized spacial score (nSPS) is 11.9. The molecule has 0 fully saturated rings. The molecule has 0 atom stereocenters. The first kappa shape index (κ1) is 35.6. The van der Waals surface area contributed by atoms with Gasteiger partial charge in [0.1, 0.15) is 0 Å². The van der Waals surface area contributed by atoms with E-state index >= 15 is 0 Å². The molecule has 0 saturated heterocycles. The highest BCUT2D eigenvalue weighted by Crippen LogP contribution is 2.38. The quantitative estimate of drug-likeness (QED) is 0.114. The first-order valence-electron chi connectivity index (χ1n) is 20.0. The summed E-state index contributed by atoms with van der Waals surface area (Å²) >= 11 is 0. The maximum atomic E-state index is 5.25. The van der Waals surface area contributed by atoms with Gasteiger partial charge in [-0.3, -0.25) is 4.99 Å². The second-order valence-electron chi connectivity index (χ2n) is 14.8. The SMILES string of the molecule is C=CN=C/C(=C\C)c1ccc(-c2cc(-c3cccc(-c4cccc5ccccc45)c3)nc(-c3ccc(-c4ccc5c6ccccc6c6ccccc6c5c4)cc3)n2)cc1. The molecule has 9 aromatic carbocycles. The van der Waals surface area contributed by atoms with E-state index in [9.17, 15) is 0 Å². The van der Waals surface area contributed by atoms with Crippen molar-refractivity contribution < 1.29 is 0 Å². The molecule has 0 aliphatic carbocycles. The number of benzene rings is 9. The molecule has 0 unspecified atom stereocenters. The molecule has 278 valence electrons. The van der Waals surface area contributed by atoms with E-state index < -0.39 is 0 Å². The van der Waals surface area contributed by atoms with E-state index in [0.29, 0.717) is 5.82 Å². The van der Waals surface area contributed by atoms with Crippen molar-refractivity contribution in [1.82, 2.24) is 9.97 Å². The number of hydrogen-bond acceptors (Lipinski definition) is 3. The summed E-state index contributed by atoms with van der Waals surface area (Å²) in [5.74, 6) is 0.673. The van der Waals surface area contributed by atoms with Crippen LogP contribution >= 0.6 is 0 Å². The minimum absolute atomic E-state index is 0.673. The molecule has 0 aliphatic rings. The van der Waals surface area contributed by atoms with Gasteiger partial charge >= 0.3 is 0 Å². The Hall–Kier alpha value is -7.75. The lowest BCUT2D eigenvalue weighted by Gasteiger charge is -2.13. The average molecular weight is 754 g/mol. The van der Waals surface area contributed by atoms with Crippen LogP contribution in [0.5, 0.6) is 0 Å². The van der Waals surface area contributed by atoms with E-state index in [1.54, 1.807) is 6.20 Å². The van der Waals surface area contributed by atoms with Gasteiger partial charge in [-0.15, -0.1) is 0 Å². The fraction of sp³-hybridized carbons (Fsp3) is 0.0179. The molecule has 0 saturated carbocycles. The van der Waals surface area contributed by atoms with Crippen molar-refractivity contribution in [2.45, 2.75) is 6.92 Å². The third kappa shape index (κ3) is 6.69. The Morgan fingerprint density at radius 3 is 1.68 bits per heavy atom. The van der Waals surface area contributed by atoms with Crippen LogP contribution < -0.4 is 0 Å². The number of aromatic nitrogens is 2. The lowest BCUT2D eigenvalue weighted by molar-refractivity contribution is 1.18. The van der Waals surface area contributed by atoms with Crippen LogP contribution in [0.4, 0.5) is 0 Å². The van der Waals surface area contributed by atoms with Crippen LogP contribution in [0, 0.1) is 0 Å². The van der Waals surface area contributed by atoms with Crippen LogP contribution in [-0.4, -0.2) is 16.2 Å². The summed E-state index contributed by atoms with van der Waals surface area (Å²) in [5, 5.41) is 10.1. The molecule has 0 N–H and O–H groups in total. The summed E-state index contributed by atoms with van der Waals surface area (Å²) in [6, 6.07) is 67.3. The molecule has 10 rings (SSSR count). The van der Waals surface area contributed by atoms with E-state index in [1.165, 1.54) is 54.2 Å². The van der Waals surface area contributed by atoms with Crippen LogP contribution in [0.15, 0.2) is 212 Å². The van der Waals surface area contributed by atoms with Crippen molar-refractivity contribution in [3.05, 3.63) is 212 Å². The van der Waals surface area contributed by atoms with Crippen LogP contribution in [0.25, 0.3) is 105 Å². The number of fused-ring (bicyclic) bond motifs is 7. The van der Waals surface area contributed by atoms with Gasteiger partial charge in [0.25, 0.3) is 0 Å². The Bertz CT molecular complexity index is 3240. The van der Waals surface area contributed by atoms with Crippen molar-refractivity contribution in [2.24, 2.45) is 4.99 Å². The predicted molar refractivity (Wildman–Crippen MR) is 252 cm³/mol. The van der Waals surface area contributed by atoms with Gasteiger partial charge in [0, 0.05) is 29.1 Å². The Labute approximate surface area is 344 Å². The van der Waals surface area contributed by atoms with Gasteiger partial charge in [0.15, 0.2) is 5.82 Å². The fourth-order valence-corrected chi connectivity index (χ4v) is 8.38. The number of nitrogens with zero attached hydrogens (tertiary/aromatic N) is 3. The first-order chi connectivity index (χ1) is 29.1. The molecule has 1 heterocycles. The van der Waals surface area contributed by atoms with Crippen molar-refractivity contribution >= 4 is 54.9 Å². The van der Waals surface area contributed by atoms with Crippen molar-refractivity contribution in [3.63, 3.8) is 0 Å². The Morgan fingerprint density at radius 1 is 0.441 bits per heavy atom. The fourth-order valence-electron chi connectivity index (χ4n) is 8.38. The van der Waals surface area contributed by atoms with Gasteiger partial charge < -0.3 is 0 Å². The number of rotatable bonds is 8. The topological polar surface area (TPSA) is 38.1 Å². The van der Waals surface area contributed by atoms with E-state index in [4.69, 9.17) is 9.97 Å². The zero-order valence-electron chi connectivity index (χ0n) is 32.7. The number of aliphatic imine (C=N–C) groups is 1. The highest BCUT2D eigenvalue weighted by atomic mass is 14.9. The third-order valence-electron chi connectivity index (χ3n) is 11.3. The van der Waals surface area contributed by atoms with E-state index in [0.717, 1.165) is 50.3 Å². The number of allylic oxidation sites excluding steroid dienone is 2. The number of hydrogen-bond donors (Lipinski definition) is 0. The van der Waals surface area contributed by atoms with E-state index in [2.05, 4.69) is 206 Å². The van der Waals surface area contributed by atoms with Gasteiger partial charge in [0.2, 0.25) is 0 Å². The Kier molecular flexibility index (Phi) is 9.25. The predicted octanol–water partition coefficient (Wildman–Crippen LogP) is 15.0. The highest BCUT2D eigenvalue weighted by Gasteiger charge is 2.14. The lowest BCUT2D eigenvalue weighted by Crippen LogP contribution is -1.96. The Morgan fingerprint density at radius 2 is 0.983 bits per heavy atom. The lowest BCUT2D eigenvalue weighted by atomic mass is 9.92. The first-order valence-corrected chi connectivity index (χ1v) is 20.0. The summed E-state index contributed by atoms with van der Waals surface area (Å²) < 4.78 is 0. The van der Waals surface area contributed by atoms with E-state index in [1.807, 2.05) is 13.1 Å². The molecule has 0 amide bonds. The van der Waals surface area contributed by atoms with Gasteiger partial charge in [-0.05, 0) is 102 Å². The molecule has 0 bridgehead atoms. The zero-order valence-corrected chi connectivity index (χ0v) is 32.7. The van der Waals surface area contributed by atoms with Crippen LogP contribution in [0.2, 0.25) is 0 Å². The maximum Gasteiger partial charge on any atom is 0.160 e. The maximum absolute atomic E-state index is 5.25. The molecule has 0 radical (unpaired) electrons. The average Bonchev–Trinajstić information content (AvgIpc) is 3.31. The Balaban J connectivity index is 1.07. The summed E-state index contributed by atoms with van der Waals surface area (Å²) in [6.07, 6.45) is 5.43. The minimum atomic E-state index is 0.673. The summed E-state index contributed by atoms with van der Waals surface area (Å²) in [5.41, 5.74) is 11.5. The van der Waals surface area contributed by atoms with Crippen LogP contribution in [0.1, 0.15) is 12.5 Å². The van der Waals surface area contributed by atoms with Crippen molar-refractivity contribution in [1.29, 1.82) is 0 Å². The highest BCUT2D eigenvalue weighted by molar-refractivity contribution is 6.25. The molecule has 3 nitrogen and oxygen atoms in total. The molecule has 0 aliphatic heterocycles. The van der Waals surface area contributed by atoms with Gasteiger partial charge in [-0.1, -0.05) is 183 Å². The van der Waals surface area contributed by atoms with Gasteiger partial charge in [-0.25, -0.2) is 9.97 Å². The largest absolute Gasteiger partial charge is 0.265 e. The van der Waals surface area contributed by atoms with Crippen LogP contribution in [0.3, 0.4) is 0 Å². The smallest absolute Gasteiger partial charge is 0.160 e. The second kappa shape index (κ2) is 15.3. The summed E-state index contributed by atoms with van der Waals surface area (Å²) in [7, 11) is 0. The van der Waals surface area contributed by atoms with E-state index in [-0.39, 0.29) is 0 Å². The molecule has 1 aromatic heterocycles. The zero-order chi connectivity index (χ0) is 39.7. The standard InChI is InChI=1S/C56H39N3/c1-3-37(36-57-4-2)38-23-27-41(28-24-38)54-35-55(45-16-11-15-44(33-45)47-22-12-14-40-13-5-6-17-46(40)47)59-56(58-54)42-29-25-39(26-30-42)43-31-32-52-50-20-8-7-18-48(50)49-19-9-10-21-51(49)53(52)34-43/h3-36H,2H2,1H3/b37-3+,57-36?. The molecule has 0 spiro atoms. The van der Waals surface area contributed by atoms with Gasteiger partial charge in [-0.2, -0.15) is 0 Å². The van der Waals surface area contributed by atoms with Crippen molar-refractivity contribution in [2.75, 3.05) is 0 Å². The van der Waals surface area contributed by atoms with Crippen LogP contribution in [-0.2, 0) is 0 Å². The summed E-state index contributed by atoms with van der Waals surface area (Å²) in [4.78, 5) is 14.7. The third-order valence-corrected chi connectivity index (χ3v) is 11.3. The molecule has 3 heteroatoms.